The largest absolute Gasteiger partial charge is 0.326 e. The van der Waals surface area contributed by atoms with Crippen LogP contribution in [0.3, 0.4) is 0 Å². The summed E-state index contributed by atoms with van der Waals surface area (Å²) in [6.45, 7) is 0.926. The van der Waals surface area contributed by atoms with Crippen LogP contribution in [0, 0.1) is 0 Å². The number of hydrogen-bond acceptors (Lipinski definition) is 6. The van der Waals surface area contributed by atoms with Gasteiger partial charge in [-0.25, -0.2) is 4.98 Å². The number of amides is 1. The number of benzene rings is 1. The Labute approximate surface area is 141 Å². The molecule has 0 atom stereocenters. The fourth-order valence-corrected chi connectivity index (χ4v) is 4.70. The monoisotopic (exact) mass is 349 g/mol. The molecule has 0 aliphatic carbocycles. The molecule has 1 aliphatic rings. The van der Waals surface area contributed by atoms with Crippen LogP contribution in [0.25, 0.3) is 0 Å². The summed E-state index contributed by atoms with van der Waals surface area (Å²) in [6.07, 6.45) is 0.319. The molecule has 4 nitrogen and oxygen atoms in total. The maximum atomic E-state index is 12.0. The average molecular weight is 350 g/mol. The lowest BCUT2D eigenvalue weighted by molar-refractivity contribution is -0.115. The van der Waals surface area contributed by atoms with Gasteiger partial charge in [0.15, 0.2) is 0 Å². The van der Waals surface area contributed by atoms with Crippen molar-refractivity contribution in [1.29, 1.82) is 0 Å². The Hall–Kier alpha value is -1.31. The molecule has 7 heteroatoms. The van der Waals surface area contributed by atoms with Crippen LogP contribution in [0.1, 0.15) is 10.7 Å². The van der Waals surface area contributed by atoms with Gasteiger partial charge in [-0.2, -0.15) is 0 Å². The van der Waals surface area contributed by atoms with Gasteiger partial charge in [0, 0.05) is 22.6 Å². The van der Waals surface area contributed by atoms with E-state index >= 15 is 0 Å². The molecule has 114 valence electrons. The molecule has 1 aromatic carbocycles. The number of nitrogens with zero attached hydrogens (tertiary/aromatic N) is 2. The van der Waals surface area contributed by atoms with E-state index < -0.39 is 0 Å². The van der Waals surface area contributed by atoms with Crippen LogP contribution >= 0.6 is 34.9 Å². The minimum Gasteiger partial charge on any atom is -0.326 e. The molecule has 3 rings (SSSR count). The SMILES string of the molecule is O=C(Cc1nc(CSC2=NCCS2)cs1)Nc1ccccc1. The molecule has 1 amide bonds. The normalized spacial score (nSPS) is 13.9. The Morgan fingerprint density at radius 2 is 2.18 bits per heavy atom. The molecule has 0 bridgehead atoms. The molecule has 1 aromatic heterocycles. The summed E-state index contributed by atoms with van der Waals surface area (Å²) >= 11 is 5.07. The number of anilines is 1. The summed E-state index contributed by atoms with van der Waals surface area (Å²) in [6, 6.07) is 9.48. The van der Waals surface area contributed by atoms with Crippen molar-refractivity contribution < 1.29 is 4.79 Å². The molecule has 22 heavy (non-hydrogen) atoms. The minimum atomic E-state index is -0.0320. The second-order valence-electron chi connectivity index (χ2n) is 4.61. The molecule has 0 saturated heterocycles. The molecular formula is C15H15N3OS3. The molecular weight excluding hydrogens is 334 g/mol. The van der Waals surface area contributed by atoms with Crippen LogP contribution in [-0.2, 0) is 17.0 Å². The van der Waals surface area contributed by atoms with Crippen molar-refractivity contribution in [3.05, 3.63) is 46.4 Å². The summed E-state index contributed by atoms with van der Waals surface area (Å²) < 4.78 is 1.15. The summed E-state index contributed by atoms with van der Waals surface area (Å²) in [5.41, 5.74) is 1.84. The number of rotatable bonds is 5. The topological polar surface area (TPSA) is 54.4 Å². The Morgan fingerprint density at radius 3 is 2.95 bits per heavy atom. The quantitative estimate of drug-likeness (QED) is 0.895. The lowest BCUT2D eigenvalue weighted by atomic mass is 10.3. The number of carbonyl (C=O) groups excluding carboxylic acids is 1. The fourth-order valence-electron chi connectivity index (χ4n) is 1.90. The molecule has 0 fully saturated rings. The van der Waals surface area contributed by atoms with Crippen LogP contribution < -0.4 is 5.32 Å². The minimum absolute atomic E-state index is 0.0320. The molecule has 0 radical (unpaired) electrons. The number of aliphatic imine (C=N–C) groups is 1. The summed E-state index contributed by atoms with van der Waals surface area (Å²) in [5, 5.41) is 5.75. The third kappa shape index (κ3) is 4.59. The molecule has 2 heterocycles. The highest BCUT2D eigenvalue weighted by Crippen LogP contribution is 2.25. The smallest absolute Gasteiger partial charge is 0.231 e. The van der Waals surface area contributed by atoms with Gasteiger partial charge in [-0.15, -0.1) is 11.3 Å². The summed E-state index contributed by atoms with van der Waals surface area (Å²) in [7, 11) is 0. The Balaban J connectivity index is 1.49. The van der Waals surface area contributed by atoms with E-state index in [0.717, 1.165) is 38.8 Å². The second-order valence-corrected chi connectivity index (χ2v) is 7.86. The van der Waals surface area contributed by atoms with Gasteiger partial charge in [0.25, 0.3) is 0 Å². The molecule has 2 aromatic rings. The van der Waals surface area contributed by atoms with E-state index in [2.05, 4.69) is 15.3 Å². The molecule has 0 saturated carbocycles. The molecule has 1 N–H and O–H groups in total. The highest BCUT2D eigenvalue weighted by Gasteiger charge is 2.11. The van der Waals surface area contributed by atoms with Crippen LogP contribution in [0.15, 0.2) is 40.7 Å². The van der Waals surface area contributed by atoms with E-state index in [1.54, 1.807) is 23.5 Å². The first-order chi connectivity index (χ1) is 10.8. The Morgan fingerprint density at radius 1 is 1.32 bits per heavy atom. The van der Waals surface area contributed by atoms with Crippen molar-refractivity contribution in [2.24, 2.45) is 4.99 Å². The van der Waals surface area contributed by atoms with Crippen LogP contribution in [0.5, 0.6) is 0 Å². The van der Waals surface area contributed by atoms with Crippen molar-refractivity contribution >= 4 is 50.8 Å². The lowest BCUT2D eigenvalue weighted by Gasteiger charge is -2.02. The first-order valence-electron chi connectivity index (χ1n) is 6.88. The highest BCUT2D eigenvalue weighted by atomic mass is 32.2. The van der Waals surface area contributed by atoms with Gasteiger partial charge in [0.2, 0.25) is 5.91 Å². The highest BCUT2D eigenvalue weighted by molar-refractivity contribution is 8.38. The van der Waals surface area contributed by atoms with Crippen molar-refractivity contribution in [3.63, 3.8) is 0 Å². The van der Waals surface area contributed by atoms with Crippen LogP contribution in [0.4, 0.5) is 5.69 Å². The van der Waals surface area contributed by atoms with Crippen molar-refractivity contribution in [3.8, 4) is 0 Å². The summed E-state index contributed by atoms with van der Waals surface area (Å²) in [5.74, 6) is 1.88. The third-order valence-corrected chi connectivity index (χ3v) is 6.05. The van der Waals surface area contributed by atoms with Crippen LogP contribution in [-0.4, -0.2) is 27.6 Å². The standard InChI is InChI=1S/C15H15N3OS3/c19-13(17-11-4-2-1-3-5-11)8-14-18-12(9-21-14)10-22-15-16-6-7-20-15/h1-5,9H,6-8,10H2,(H,17,19). The Kier molecular flexibility index (Phi) is 5.53. The zero-order valence-electron chi connectivity index (χ0n) is 11.8. The van der Waals surface area contributed by atoms with Gasteiger partial charge >= 0.3 is 0 Å². The van der Waals surface area contributed by atoms with E-state index in [0.29, 0.717) is 6.42 Å². The first kappa shape index (κ1) is 15.6. The number of para-hydroxylation sites is 1. The predicted octanol–water partition coefficient (Wildman–Crippen LogP) is 3.66. The average Bonchev–Trinajstić information content (AvgIpc) is 3.17. The summed E-state index contributed by atoms with van der Waals surface area (Å²) in [4.78, 5) is 20.9. The maximum Gasteiger partial charge on any atom is 0.231 e. The number of thioether (sulfide) groups is 2. The number of carbonyl (C=O) groups is 1. The third-order valence-electron chi connectivity index (χ3n) is 2.87. The predicted molar refractivity (Wildman–Crippen MR) is 96.9 cm³/mol. The number of nitrogens with one attached hydrogen (secondary N) is 1. The zero-order valence-corrected chi connectivity index (χ0v) is 14.3. The van der Waals surface area contributed by atoms with Gasteiger partial charge in [-0.1, -0.05) is 41.7 Å². The van der Waals surface area contributed by atoms with Crippen molar-refractivity contribution in [2.45, 2.75) is 12.2 Å². The van der Waals surface area contributed by atoms with Crippen LogP contribution in [0.2, 0.25) is 0 Å². The number of thiazole rings is 1. The molecule has 0 unspecified atom stereocenters. The molecule has 1 aliphatic heterocycles. The van der Waals surface area contributed by atoms with Gasteiger partial charge in [0.05, 0.1) is 18.7 Å². The maximum absolute atomic E-state index is 12.0. The van der Waals surface area contributed by atoms with Gasteiger partial charge in [-0.3, -0.25) is 9.79 Å². The second kappa shape index (κ2) is 7.80. The Bertz CT molecular complexity index is 670. The van der Waals surface area contributed by atoms with E-state index in [1.165, 1.54) is 11.3 Å². The lowest BCUT2D eigenvalue weighted by Crippen LogP contribution is -2.14. The first-order valence-corrected chi connectivity index (χ1v) is 9.73. The van der Waals surface area contributed by atoms with E-state index in [-0.39, 0.29) is 5.91 Å². The van der Waals surface area contributed by atoms with Gasteiger partial charge in [0.1, 0.15) is 9.38 Å². The van der Waals surface area contributed by atoms with Gasteiger partial charge in [-0.05, 0) is 12.1 Å². The molecule has 0 spiro atoms. The van der Waals surface area contributed by atoms with Crippen molar-refractivity contribution in [1.82, 2.24) is 4.98 Å². The fraction of sp³-hybridized carbons (Fsp3) is 0.267. The number of hydrogen-bond donors (Lipinski definition) is 1. The zero-order chi connectivity index (χ0) is 15.2. The van der Waals surface area contributed by atoms with E-state index in [1.807, 2.05) is 35.7 Å². The van der Waals surface area contributed by atoms with Crippen molar-refractivity contribution in [2.75, 3.05) is 17.6 Å². The van der Waals surface area contributed by atoms with E-state index in [4.69, 9.17) is 0 Å². The number of aromatic nitrogens is 1. The van der Waals surface area contributed by atoms with E-state index in [9.17, 15) is 4.79 Å². The van der Waals surface area contributed by atoms with Gasteiger partial charge < -0.3 is 5.32 Å².